The Morgan fingerprint density at radius 3 is 2.34 bits per heavy atom. The van der Waals surface area contributed by atoms with Crippen LogP contribution in [0.3, 0.4) is 0 Å². The third kappa shape index (κ3) is 3.75. The molecule has 0 N–H and O–H groups in total. The van der Waals surface area contributed by atoms with Crippen LogP contribution in [-0.4, -0.2) is 56.3 Å². The van der Waals surface area contributed by atoms with E-state index in [-0.39, 0.29) is 23.7 Å². The zero-order valence-corrected chi connectivity index (χ0v) is 17.9. The first-order valence-electron chi connectivity index (χ1n) is 9.56. The molecule has 3 fully saturated rings. The normalized spacial score (nSPS) is 35.3. The second kappa shape index (κ2) is 6.57. The Morgan fingerprint density at radius 1 is 1.03 bits per heavy atom. The monoisotopic (exact) mass is 426 g/mol. The van der Waals surface area contributed by atoms with Gasteiger partial charge in [-0.15, -0.1) is 0 Å². The number of carbonyl (C=O) groups excluding carboxylic acids is 1. The van der Waals surface area contributed by atoms with Gasteiger partial charge in [-0.25, -0.2) is 0 Å². The number of ketones is 1. The Bertz CT molecular complexity index is 920. The molecule has 2 saturated heterocycles. The van der Waals surface area contributed by atoms with E-state index in [0.717, 1.165) is 5.56 Å². The molecule has 1 saturated carbocycles. The summed E-state index contributed by atoms with van der Waals surface area (Å²) in [6, 6.07) is 6.34. The zero-order valence-electron chi connectivity index (χ0n) is 17.1. The number of rotatable bonds is 4. The fourth-order valence-electron chi connectivity index (χ4n) is 4.25. The Hall–Kier alpha value is -1.36. The Balaban J connectivity index is 1.61. The van der Waals surface area contributed by atoms with Crippen LogP contribution < -0.4 is 0 Å². The van der Waals surface area contributed by atoms with Gasteiger partial charge < -0.3 is 18.9 Å². The lowest BCUT2D eigenvalue weighted by Crippen LogP contribution is -2.60. The van der Waals surface area contributed by atoms with Gasteiger partial charge in [0.05, 0.1) is 17.6 Å². The molecule has 29 heavy (non-hydrogen) atoms. The van der Waals surface area contributed by atoms with E-state index in [1.165, 1.54) is 12.1 Å². The molecule has 0 bridgehead atoms. The highest BCUT2D eigenvalue weighted by atomic mass is 32.2. The summed E-state index contributed by atoms with van der Waals surface area (Å²) in [6.45, 7) is 8.31. The van der Waals surface area contributed by atoms with Gasteiger partial charge in [-0.1, -0.05) is 17.7 Å². The molecule has 1 aromatic carbocycles. The molecule has 2 heterocycles. The van der Waals surface area contributed by atoms with Gasteiger partial charge in [0.2, 0.25) is 0 Å². The molecule has 0 aromatic heterocycles. The highest BCUT2D eigenvalue weighted by Gasteiger charge is 2.66. The van der Waals surface area contributed by atoms with Gasteiger partial charge in [-0.2, -0.15) is 8.42 Å². The van der Waals surface area contributed by atoms with Crippen molar-refractivity contribution in [2.45, 2.75) is 81.4 Å². The van der Waals surface area contributed by atoms with Gasteiger partial charge >= 0.3 is 0 Å². The standard InChI is InChI=1S/C20H26O8S/c1-12-6-8-13(9-7-12)29(22,23)24-11-20-10-14-16(26-18(2,3)25-14)15(21)17(20)27-19(4,5)28-20/h6-9,14,16-17H,10-11H2,1-5H3/t14-,16-,17+,20+/m1/s1. The lowest BCUT2D eigenvalue weighted by molar-refractivity contribution is -0.181. The lowest BCUT2D eigenvalue weighted by atomic mass is 9.79. The van der Waals surface area contributed by atoms with Crippen LogP contribution >= 0.6 is 0 Å². The first kappa shape index (κ1) is 20.9. The summed E-state index contributed by atoms with van der Waals surface area (Å²) in [5.74, 6) is -2.32. The van der Waals surface area contributed by atoms with E-state index in [2.05, 4.69) is 0 Å². The average molecular weight is 426 g/mol. The quantitative estimate of drug-likeness (QED) is 0.675. The first-order valence-corrected chi connectivity index (χ1v) is 11.0. The summed E-state index contributed by atoms with van der Waals surface area (Å²) in [5, 5.41) is 0. The molecule has 0 spiro atoms. The Labute approximate surface area is 170 Å². The first-order chi connectivity index (χ1) is 13.3. The van der Waals surface area contributed by atoms with Gasteiger partial charge in [-0.3, -0.25) is 8.98 Å². The van der Waals surface area contributed by atoms with E-state index in [9.17, 15) is 13.2 Å². The smallest absolute Gasteiger partial charge is 0.297 e. The van der Waals surface area contributed by atoms with E-state index >= 15 is 0 Å². The van der Waals surface area contributed by atoms with E-state index in [1.807, 2.05) is 6.92 Å². The minimum atomic E-state index is -4.04. The molecule has 4 rings (SSSR count). The SMILES string of the molecule is Cc1ccc(S(=O)(=O)OC[C@@]23C[C@H]4OC(C)(C)O[C@H]4C(=O)[C@@H]2OC(C)(C)O3)cc1. The van der Waals surface area contributed by atoms with Gasteiger partial charge in [0.25, 0.3) is 10.1 Å². The number of hydrogen-bond donors (Lipinski definition) is 0. The topological polar surface area (TPSA) is 97.4 Å². The Kier molecular flexibility index (Phi) is 4.73. The third-order valence-corrected chi connectivity index (χ3v) is 6.64. The molecule has 0 unspecified atom stereocenters. The third-order valence-electron chi connectivity index (χ3n) is 5.37. The van der Waals surface area contributed by atoms with E-state index in [4.69, 9.17) is 23.1 Å². The van der Waals surface area contributed by atoms with E-state index in [0.29, 0.717) is 0 Å². The number of Topliss-reactive ketones (excluding diaryl/α,β-unsaturated/α-hetero) is 1. The highest BCUT2D eigenvalue weighted by Crippen LogP contribution is 2.48. The molecular formula is C20H26O8S. The number of carbonyl (C=O) groups is 1. The van der Waals surface area contributed by atoms with Crippen LogP contribution in [0.4, 0.5) is 0 Å². The predicted molar refractivity (Wildman–Crippen MR) is 101 cm³/mol. The van der Waals surface area contributed by atoms with Crippen LogP contribution in [0.5, 0.6) is 0 Å². The maximum atomic E-state index is 13.1. The molecule has 0 radical (unpaired) electrons. The van der Waals surface area contributed by atoms with Crippen molar-refractivity contribution in [3.63, 3.8) is 0 Å². The molecule has 8 nitrogen and oxygen atoms in total. The largest absolute Gasteiger partial charge is 0.344 e. The van der Waals surface area contributed by atoms with Crippen molar-refractivity contribution in [2.75, 3.05) is 6.61 Å². The molecule has 160 valence electrons. The van der Waals surface area contributed by atoms with Crippen molar-refractivity contribution in [3.8, 4) is 0 Å². The molecule has 2 aliphatic heterocycles. The average Bonchev–Trinajstić information content (AvgIpc) is 3.06. The number of aryl methyl sites for hydroxylation is 1. The minimum Gasteiger partial charge on any atom is -0.344 e. The molecule has 4 atom stereocenters. The van der Waals surface area contributed by atoms with E-state index in [1.54, 1.807) is 39.8 Å². The second-order valence-corrected chi connectivity index (χ2v) is 10.4. The number of benzene rings is 1. The van der Waals surface area contributed by atoms with Crippen LogP contribution in [0.25, 0.3) is 0 Å². The van der Waals surface area contributed by atoms with Gasteiger partial charge in [-0.05, 0) is 46.8 Å². The highest BCUT2D eigenvalue weighted by molar-refractivity contribution is 7.86. The minimum absolute atomic E-state index is 0.0378. The maximum absolute atomic E-state index is 13.1. The molecule has 0 amide bonds. The molecule has 1 aliphatic carbocycles. The summed E-state index contributed by atoms with van der Waals surface area (Å²) in [5.41, 5.74) is -0.356. The molecule has 3 aliphatic rings. The van der Waals surface area contributed by atoms with Crippen LogP contribution in [0.1, 0.15) is 39.7 Å². The number of ether oxygens (including phenoxy) is 4. The predicted octanol–water partition coefficient (Wildman–Crippen LogP) is 2.08. The van der Waals surface area contributed by atoms with Crippen LogP contribution in [-0.2, 0) is 38.0 Å². The van der Waals surface area contributed by atoms with E-state index < -0.39 is 45.6 Å². The maximum Gasteiger partial charge on any atom is 0.297 e. The van der Waals surface area contributed by atoms with Crippen molar-refractivity contribution in [2.24, 2.45) is 0 Å². The Morgan fingerprint density at radius 2 is 1.69 bits per heavy atom. The van der Waals surface area contributed by atoms with Crippen molar-refractivity contribution in [1.29, 1.82) is 0 Å². The summed E-state index contributed by atoms with van der Waals surface area (Å²) in [7, 11) is -4.04. The fourth-order valence-corrected chi connectivity index (χ4v) is 5.21. The van der Waals surface area contributed by atoms with Crippen molar-refractivity contribution >= 4 is 15.9 Å². The van der Waals surface area contributed by atoms with Gasteiger partial charge in [0.1, 0.15) is 11.7 Å². The summed E-state index contributed by atoms with van der Waals surface area (Å²) in [6.07, 6.45) is -2.15. The zero-order chi connectivity index (χ0) is 21.2. The molecular weight excluding hydrogens is 400 g/mol. The van der Waals surface area contributed by atoms with Gasteiger partial charge in [0.15, 0.2) is 23.5 Å². The summed E-state index contributed by atoms with van der Waals surface area (Å²) < 4.78 is 54.3. The van der Waals surface area contributed by atoms with Crippen molar-refractivity contribution in [3.05, 3.63) is 29.8 Å². The lowest BCUT2D eigenvalue weighted by Gasteiger charge is -2.38. The number of fused-ring (bicyclic) bond motifs is 2. The summed E-state index contributed by atoms with van der Waals surface area (Å²) >= 11 is 0. The second-order valence-electron chi connectivity index (χ2n) is 8.80. The summed E-state index contributed by atoms with van der Waals surface area (Å²) in [4.78, 5) is 13.1. The van der Waals surface area contributed by atoms with Crippen LogP contribution in [0.2, 0.25) is 0 Å². The van der Waals surface area contributed by atoms with Crippen LogP contribution in [0, 0.1) is 6.92 Å². The number of hydrogen-bond acceptors (Lipinski definition) is 8. The van der Waals surface area contributed by atoms with Crippen molar-refractivity contribution in [1.82, 2.24) is 0 Å². The molecule has 1 aromatic rings. The fraction of sp³-hybridized carbons (Fsp3) is 0.650. The van der Waals surface area contributed by atoms with Gasteiger partial charge in [0, 0.05) is 6.42 Å². The van der Waals surface area contributed by atoms with Crippen molar-refractivity contribution < 1.29 is 36.3 Å². The van der Waals surface area contributed by atoms with Crippen LogP contribution in [0.15, 0.2) is 29.2 Å². The molecule has 9 heteroatoms.